The van der Waals surface area contributed by atoms with Crippen LogP contribution in [0.1, 0.15) is 38.3 Å². The van der Waals surface area contributed by atoms with E-state index in [1.54, 1.807) is 6.20 Å². The predicted molar refractivity (Wildman–Crippen MR) is 99.1 cm³/mol. The Bertz CT molecular complexity index is 850. The number of hydrogen-bond acceptors (Lipinski definition) is 9. The number of nitrogens with zero attached hydrogens (tertiary/aromatic N) is 5. The highest BCUT2D eigenvalue weighted by Gasteiger charge is 2.47. The molecule has 0 amide bonds. The number of aromatic nitrogens is 4. The van der Waals surface area contributed by atoms with Crippen molar-refractivity contribution in [1.29, 1.82) is 5.26 Å². The minimum absolute atomic E-state index is 0.0365. The van der Waals surface area contributed by atoms with Crippen LogP contribution >= 0.6 is 0 Å². The summed E-state index contributed by atoms with van der Waals surface area (Å²) in [6, 6.07) is 2.13. The van der Waals surface area contributed by atoms with Crippen LogP contribution in [0.4, 0.5) is 11.8 Å². The van der Waals surface area contributed by atoms with Crippen molar-refractivity contribution in [3.8, 4) is 11.9 Å². The van der Waals surface area contributed by atoms with E-state index in [9.17, 15) is 10.4 Å². The van der Waals surface area contributed by atoms with E-state index in [0.717, 1.165) is 5.56 Å². The second-order valence-electron chi connectivity index (χ2n) is 6.98. The number of hydrogen-bond donors (Lipinski definition) is 3. The number of ether oxygens (including phenoxy) is 1. The van der Waals surface area contributed by atoms with Crippen LogP contribution in [0.2, 0.25) is 0 Å². The summed E-state index contributed by atoms with van der Waals surface area (Å²) in [6.45, 7) is 6.75. The summed E-state index contributed by atoms with van der Waals surface area (Å²) in [5, 5.41) is 25.6. The quantitative estimate of drug-likeness (QED) is 0.668. The molecule has 1 aliphatic rings. The average molecular weight is 369 g/mol. The summed E-state index contributed by atoms with van der Waals surface area (Å²) in [6.07, 6.45) is 4.83. The number of rotatable bonds is 7. The number of aliphatic hydroxyl groups is 1. The summed E-state index contributed by atoms with van der Waals surface area (Å²) in [5.74, 6) is 1.34. The van der Waals surface area contributed by atoms with Crippen LogP contribution < -0.4 is 15.4 Å². The molecule has 0 aromatic carbocycles. The first-order valence-corrected chi connectivity index (χ1v) is 8.83. The Hall–Kier alpha value is -2.99. The first-order chi connectivity index (χ1) is 13.0. The zero-order valence-corrected chi connectivity index (χ0v) is 15.6. The van der Waals surface area contributed by atoms with Gasteiger partial charge in [0.05, 0.1) is 24.5 Å². The van der Waals surface area contributed by atoms with Crippen molar-refractivity contribution in [3.63, 3.8) is 0 Å². The molecule has 9 nitrogen and oxygen atoms in total. The van der Waals surface area contributed by atoms with E-state index in [0.29, 0.717) is 42.8 Å². The van der Waals surface area contributed by atoms with Crippen molar-refractivity contribution in [3.05, 3.63) is 29.8 Å². The molecule has 2 aromatic rings. The molecule has 2 heterocycles. The Kier molecular flexibility index (Phi) is 5.37. The Labute approximate surface area is 157 Å². The first-order valence-electron chi connectivity index (χ1n) is 8.83. The third-order valence-electron chi connectivity index (χ3n) is 4.90. The van der Waals surface area contributed by atoms with Crippen molar-refractivity contribution < 1.29 is 9.84 Å². The Morgan fingerprint density at radius 3 is 2.85 bits per heavy atom. The molecule has 9 heteroatoms. The summed E-state index contributed by atoms with van der Waals surface area (Å²) >= 11 is 0. The molecular formula is C18H23N7O2. The van der Waals surface area contributed by atoms with Gasteiger partial charge in [0.15, 0.2) is 0 Å². The molecule has 2 aromatic heterocycles. The maximum Gasteiger partial charge on any atom is 0.224 e. The largest absolute Gasteiger partial charge is 0.478 e. The molecular weight excluding hydrogens is 346 g/mol. The molecule has 3 rings (SSSR count). The zero-order valence-electron chi connectivity index (χ0n) is 15.6. The van der Waals surface area contributed by atoms with Crippen LogP contribution in [0.3, 0.4) is 0 Å². The van der Waals surface area contributed by atoms with Crippen LogP contribution in [0, 0.1) is 16.7 Å². The van der Waals surface area contributed by atoms with E-state index in [4.69, 9.17) is 4.74 Å². The summed E-state index contributed by atoms with van der Waals surface area (Å²) in [4.78, 5) is 16.7. The second-order valence-corrected chi connectivity index (χ2v) is 6.98. The molecule has 0 radical (unpaired) electrons. The lowest BCUT2D eigenvalue weighted by atomic mass is 9.64. The maximum absolute atomic E-state index is 9.91. The van der Waals surface area contributed by atoms with Crippen molar-refractivity contribution >= 4 is 11.8 Å². The minimum atomic E-state index is -0.366. The number of nitrogens with one attached hydrogen (secondary N) is 2. The fraction of sp³-hybridized carbons (Fsp3) is 0.500. The van der Waals surface area contributed by atoms with Crippen LogP contribution in [0.15, 0.2) is 18.7 Å². The molecule has 1 fully saturated rings. The van der Waals surface area contributed by atoms with Gasteiger partial charge in [-0.2, -0.15) is 10.2 Å². The standard InChI is InChI=1S/C18H23N7O2/c1-4-27-16-12(7-20-10-23-16)9-22-17-21-8-11(6-19)15(25-17)24-13-5-14(26)18(13,2)3/h7-8,10,13-14,26H,4-5,9H2,1-3H3,(H2,21,22,24,25)/t13-,14+/m1/s1. The third-order valence-corrected chi connectivity index (χ3v) is 4.90. The fourth-order valence-electron chi connectivity index (χ4n) is 2.88. The monoisotopic (exact) mass is 369 g/mol. The number of aliphatic hydroxyl groups excluding tert-OH is 1. The summed E-state index contributed by atoms with van der Waals surface area (Å²) in [5.41, 5.74) is 0.861. The molecule has 0 saturated heterocycles. The molecule has 1 aliphatic carbocycles. The van der Waals surface area contributed by atoms with Gasteiger partial charge in [0.25, 0.3) is 0 Å². The average Bonchev–Trinajstić information content (AvgIpc) is 2.67. The van der Waals surface area contributed by atoms with Crippen molar-refractivity contribution in [2.45, 2.75) is 45.9 Å². The van der Waals surface area contributed by atoms with Crippen LogP contribution in [-0.4, -0.2) is 43.8 Å². The van der Waals surface area contributed by atoms with Gasteiger partial charge in [-0.05, 0) is 13.3 Å². The van der Waals surface area contributed by atoms with E-state index in [-0.39, 0.29) is 17.6 Å². The van der Waals surface area contributed by atoms with E-state index >= 15 is 0 Å². The van der Waals surface area contributed by atoms with Gasteiger partial charge in [0.1, 0.15) is 23.8 Å². The lowest BCUT2D eigenvalue weighted by molar-refractivity contribution is -0.0511. The Morgan fingerprint density at radius 2 is 2.19 bits per heavy atom. The van der Waals surface area contributed by atoms with Gasteiger partial charge in [-0.15, -0.1) is 0 Å². The van der Waals surface area contributed by atoms with Gasteiger partial charge in [-0.25, -0.2) is 15.0 Å². The third kappa shape index (κ3) is 3.90. The van der Waals surface area contributed by atoms with Gasteiger partial charge in [-0.1, -0.05) is 13.8 Å². The SMILES string of the molecule is CCOc1ncncc1CNc1ncc(C#N)c(N[C@@H]2C[C@H](O)C2(C)C)n1. The van der Waals surface area contributed by atoms with Gasteiger partial charge < -0.3 is 20.5 Å². The molecule has 0 unspecified atom stereocenters. The fourth-order valence-corrected chi connectivity index (χ4v) is 2.88. The van der Waals surface area contributed by atoms with Crippen LogP contribution in [0.5, 0.6) is 5.88 Å². The zero-order chi connectivity index (χ0) is 19.4. The van der Waals surface area contributed by atoms with Crippen LogP contribution in [0.25, 0.3) is 0 Å². The van der Waals surface area contributed by atoms with E-state index in [2.05, 4.69) is 36.6 Å². The molecule has 142 valence electrons. The number of nitriles is 1. The molecule has 0 aliphatic heterocycles. The van der Waals surface area contributed by atoms with Gasteiger partial charge >= 0.3 is 0 Å². The van der Waals surface area contributed by atoms with Crippen LogP contribution in [-0.2, 0) is 6.54 Å². The van der Waals surface area contributed by atoms with Gasteiger partial charge in [0.2, 0.25) is 11.8 Å². The minimum Gasteiger partial charge on any atom is -0.478 e. The van der Waals surface area contributed by atoms with Gasteiger partial charge in [-0.3, -0.25) is 0 Å². The Balaban J connectivity index is 1.73. The van der Waals surface area contributed by atoms with Crippen molar-refractivity contribution in [2.24, 2.45) is 5.41 Å². The highest BCUT2D eigenvalue weighted by atomic mass is 16.5. The normalized spacial score (nSPS) is 20.3. The molecule has 27 heavy (non-hydrogen) atoms. The van der Waals surface area contributed by atoms with E-state index in [1.165, 1.54) is 12.5 Å². The Morgan fingerprint density at radius 1 is 1.37 bits per heavy atom. The van der Waals surface area contributed by atoms with E-state index < -0.39 is 0 Å². The van der Waals surface area contributed by atoms with Gasteiger partial charge in [0, 0.05) is 24.2 Å². The van der Waals surface area contributed by atoms with E-state index in [1.807, 2.05) is 20.8 Å². The maximum atomic E-state index is 9.91. The molecule has 0 spiro atoms. The summed E-state index contributed by atoms with van der Waals surface area (Å²) in [7, 11) is 0. The molecule has 2 atom stereocenters. The molecule has 3 N–H and O–H groups in total. The lowest BCUT2D eigenvalue weighted by Crippen LogP contribution is -2.57. The lowest BCUT2D eigenvalue weighted by Gasteiger charge is -2.49. The van der Waals surface area contributed by atoms with Crippen molar-refractivity contribution in [1.82, 2.24) is 19.9 Å². The second kappa shape index (κ2) is 7.72. The summed E-state index contributed by atoms with van der Waals surface area (Å²) < 4.78 is 5.48. The topological polar surface area (TPSA) is 129 Å². The number of anilines is 2. The first kappa shape index (κ1) is 18.8. The van der Waals surface area contributed by atoms with Crippen molar-refractivity contribution in [2.75, 3.05) is 17.2 Å². The highest BCUT2D eigenvalue weighted by Crippen LogP contribution is 2.42. The highest BCUT2D eigenvalue weighted by molar-refractivity contribution is 5.54. The smallest absolute Gasteiger partial charge is 0.224 e. The molecule has 0 bridgehead atoms. The predicted octanol–water partition coefficient (Wildman–Crippen LogP) is 1.72. The molecule has 1 saturated carbocycles.